The molecular weight excluding hydrogens is 453 g/mol. The summed E-state index contributed by atoms with van der Waals surface area (Å²) in [6, 6.07) is 23.9. The zero-order valence-corrected chi connectivity index (χ0v) is 17.3. The molecule has 4 aromatic rings. The lowest BCUT2D eigenvalue weighted by Crippen LogP contribution is -2.00. The van der Waals surface area contributed by atoms with E-state index in [2.05, 4.69) is 15.9 Å². The van der Waals surface area contributed by atoms with Crippen LogP contribution < -0.4 is 4.74 Å². The minimum Gasteiger partial charge on any atom is -0.486 e. The summed E-state index contributed by atoms with van der Waals surface area (Å²) in [5, 5.41) is 0. The first-order chi connectivity index (χ1) is 14.5. The summed E-state index contributed by atoms with van der Waals surface area (Å²) < 4.78 is 48.8. The Morgan fingerprint density at radius 3 is 2.03 bits per heavy atom. The van der Waals surface area contributed by atoms with Crippen LogP contribution >= 0.6 is 15.9 Å². The van der Waals surface area contributed by atoms with Gasteiger partial charge in [0.25, 0.3) is 0 Å². The fourth-order valence-electron chi connectivity index (χ4n) is 3.12. The summed E-state index contributed by atoms with van der Waals surface area (Å²) in [6.45, 7) is 0.148. The standard InChI is InChI=1S/C25H16BrF3O/c26-21-12-10-19(14-22(21)27)17-6-8-18(9-7-17)20-11-13-23(25(29)24(20)28)30-15-16-4-2-1-3-5-16/h1-14H,15H2. The maximum Gasteiger partial charge on any atom is 0.201 e. The van der Waals surface area contributed by atoms with E-state index in [4.69, 9.17) is 4.74 Å². The summed E-state index contributed by atoms with van der Waals surface area (Å²) in [5.41, 5.74) is 2.98. The molecule has 4 aromatic carbocycles. The largest absolute Gasteiger partial charge is 0.486 e. The molecule has 0 saturated carbocycles. The molecule has 4 rings (SSSR count). The van der Waals surface area contributed by atoms with Gasteiger partial charge >= 0.3 is 0 Å². The second kappa shape index (κ2) is 8.76. The third kappa shape index (κ3) is 4.26. The molecule has 5 heteroatoms. The molecule has 0 radical (unpaired) electrons. The van der Waals surface area contributed by atoms with E-state index in [0.29, 0.717) is 15.6 Å². The molecule has 0 amide bonds. The van der Waals surface area contributed by atoms with E-state index in [9.17, 15) is 13.2 Å². The molecule has 0 heterocycles. The Balaban J connectivity index is 1.56. The van der Waals surface area contributed by atoms with Gasteiger partial charge in [-0.15, -0.1) is 0 Å². The van der Waals surface area contributed by atoms with Crippen LogP contribution in [0.5, 0.6) is 5.75 Å². The van der Waals surface area contributed by atoms with Crippen LogP contribution in [0, 0.1) is 17.5 Å². The molecule has 0 fully saturated rings. The van der Waals surface area contributed by atoms with Gasteiger partial charge < -0.3 is 4.74 Å². The van der Waals surface area contributed by atoms with E-state index >= 15 is 0 Å². The van der Waals surface area contributed by atoms with Crippen molar-refractivity contribution in [1.29, 1.82) is 0 Å². The van der Waals surface area contributed by atoms with Crippen LogP contribution in [0.2, 0.25) is 0 Å². The van der Waals surface area contributed by atoms with Gasteiger partial charge in [0.05, 0.1) is 4.47 Å². The highest BCUT2D eigenvalue weighted by Gasteiger charge is 2.16. The first-order valence-electron chi connectivity index (χ1n) is 9.23. The molecule has 30 heavy (non-hydrogen) atoms. The molecule has 0 unspecified atom stereocenters. The number of hydrogen-bond donors (Lipinski definition) is 0. The Morgan fingerprint density at radius 2 is 1.33 bits per heavy atom. The topological polar surface area (TPSA) is 9.23 Å². The monoisotopic (exact) mass is 468 g/mol. The second-order valence-electron chi connectivity index (χ2n) is 6.72. The maximum absolute atomic E-state index is 14.7. The normalized spacial score (nSPS) is 10.8. The molecule has 1 nitrogen and oxygen atoms in total. The summed E-state index contributed by atoms with van der Waals surface area (Å²) >= 11 is 3.13. The molecular formula is C25H16BrF3O. The SMILES string of the molecule is Fc1cc(-c2ccc(-c3ccc(OCc4ccccc4)c(F)c3F)cc2)ccc1Br. The van der Waals surface area contributed by atoms with E-state index in [-0.39, 0.29) is 23.7 Å². The number of benzene rings is 4. The fourth-order valence-corrected chi connectivity index (χ4v) is 3.37. The van der Waals surface area contributed by atoms with E-state index in [1.54, 1.807) is 36.4 Å². The molecule has 0 bridgehead atoms. The van der Waals surface area contributed by atoms with Gasteiger partial charge in [0.1, 0.15) is 12.4 Å². The highest BCUT2D eigenvalue weighted by Crippen LogP contribution is 2.32. The van der Waals surface area contributed by atoms with E-state index in [0.717, 1.165) is 11.1 Å². The van der Waals surface area contributed by atoms with Gasteiger partial charge in [-0.05, 0) is 62.4 Å². The van der Waals surface area contributed by atoms with Crippen molar-refractivity contribution in [2.45, 2.75) is 6.61 Å². The Labute approximate surface area is 180 Å². The predicted octanol–water partition coefficient (Wildman–Crippen LogP) is 7.78. The molecule has 0 spiro atoms. The highest BCUT2D eigenvalue weighted by molar-refractivity contribution is 9.10. The molecule has 0 aromatic heterocycles. The molecule has 0 aliphatic heterocycles. The summed E-state index contributed by atoms with van der Waals surface area (Å²) in [5.74, 6) is -2.50. The quantitative estimate of drug-likeness (QED) is 0.290. The first kappa shape index (κ1) is 20.2. The lowest BCUT2D eigenvalue weighted by molar-refractivity contribution is 0.285. The van der Waals surface area contributed by atoms with Gasteiger partial charge in [-0.2, -0.15) is 4.39 Å². The Bertz CT molecular complexity index is 1180. The van der Waals surface area contributed by atoms with Crippen LogP contribution in [-0.2, 0) is 6.61 Å². The van der Waals surface area contributed by atoms with Gasteiger partial charge in [0.15, 0.2) is 11.6 Å². The van der Waals surface area contributed by atoms with Crippen LogP contribution in [0.25, 0.3) is 22.3 Å². The van der Waals surface area contributed by atoms with Crippen LogP contribution in [0.4, 0.5) is 13.2 Å². The molecule has 0 atom stereocenters. The third-order valence-electron chi connectivity index (χ3n) is 4.73. The maximum atomic E-state index is 14.7. The van der Waals surface area contributed by atoms with E-state index < -0.39 is 11.6 Å². The first-order valence-corrected chi connectivity index (χ1v) is 10.0. The number of halogens is 4. The van der Waals surface area contributed by atoms with Crippen molar-refractivity contribution in [3.8, 4) is 28.0 Å². The van der Waals surface area contributed by atoms with Gasteiger partial charge in [0, 0.05) is 5.56 Å². The van der Waals surface area contributed by atoms with E-state index in [1.165, 1.54) is 18.2 Å². The van der Waals surface area contributed by atoms with Crippen molar-refractivity contribution >= 4 is 15.9 Å². The van der Waals surface area contributed by atoms with Crippen LogP contribution in [-0.4, -0.2) is 0 Å². The summed E-state index contributed by atoms with van der Waals surface area (Å²) in [6.07, 6.45) is 0. The molecule has 0 aliphatic rings. The highest BCUT2D eigenvalue weighted by atomic mass is 79.9. The molecule has 0 saturated heterocycles. The Morgan fingerprint density at radius 1 is 0.667 bits per heavy atom. The summed E-state index contributed by atoms with van der Waals surface area (Å²) in [4.78, 5) is 0. The van der Waals surface area contributed by atoms with Gasteiger partial charge in [0.2, 0.25) is 5.82 Å². The van der Waals surface area contributed by atoms with Crippen molar-refractivity contribution in [1.82, 2.24) is 0 Å². The lowest BCUT2D eigenvalue weighted by atomic mass is 9.99. The zero-order valence-electron chi connectivity index (χ0n) is 15.7. The molecule has 150 valence electrons. The van der Waals surface area contributed by atoms with Crippen molar-refractivity contribution < 1.29 is 17.9 Å². The van der Waals surface area contributed by atoms with Gasteiger partial charge in [-0.1, -0.05) is 60.7 Å². The van der Waals surface area contributed by atoms with Crippen molar-refractivity contribution in [2.24, 2.45) is 0 Å². The van der Waals surface area contributed by atoms with E-state index in [1.807, 2.05) is 30.3 Å². The van der Waals surface area contributed by atoms with Crippen molar-refractivity contribution in [2.75, 3.05) is 0 Å². The Hall–Kier alpha value is -3.05. The Kier molecular flexibility index (Phi) is 5.91. The lowest BCUT2D eigenvalue weighted by Gasteiger charge is -2.11. The van der Waals surface area contributed by atoms with Crippen LogP contribution in [0.1, 0.15) is 5.56 Å². The second-order valence-corrected chi connectivity index (χ2v) is 7.57. The summed E-state index contributed by atoms with van der Waals surface area (Å²) in [7, 11) is 0. The third-order valence-corrected chi connectivity index (χ3v) is 5.38. The minimum absolute atomic E-state index is 0.132. The molecule has 0 aliphatic carbocycles. The predicted molar refractivity (Wildman–Crippen MR) is 116 cm³/mol. The number of ether oxygens (including phenoxy) is 1. The van der Waals surface area contributed by atoms with Crippen LogP contribution in [0.3, 0.4) is 0 Å². The van der Waals surface area contributed by atoms with Crippen LogP contribution in [0.15, 0.2) is 89.4 Å². The smallest absolute Gasteiger partial charge is 0.201 e. The van der Waals surface area contributed by atoms with Crippen molar-refractivity contribution in [3.63, 3.8) is 0 Å². The fraction of sp³-hybridized carbons (Fsp3) is 0.0400. The van der Waals surface area contributed by atoms with Crippen molar-refractivity contribution in [3.05, 3.63) is 112 Å². The number of rotatable bonds is 5. The molecule has 0 N–H and O–H groups in total. The zero-order chi connectivity index (χ0) is 21.1. The average Bonchev–Trinajstić information content (AvgIpc) is 2.78. The van der Waals surface area contributed by atoms with Gasteiger partial charge in [-0.3, -0.25) is 0 Å². The average molecular weight is 469 g/mol. The number of hydrogen-bond acceptors (Lipinski definition) is 1. The minimum atomic E-state index is -1.03. The van der Waals surface area contributed by atoms with Gasteiger partial charge in [-0.25, -0.2) is 8.78 Å².